The van der Waals surface area contributed by atoms with Crippen LogP contribution in [0.5, 0.6) is 0 Å². The fourth-order valence-corrected chi connectivity index (χ4v) is 4.04. The molecule has 2 rings (SSSR count). The van der Waals surface area contributed by atoms with E-state index in [0.29, 0.717) is 4.90 Å². The van der Waals surface area contributed by atoms with E-state index < -0.39 is 10.0 Å². The van der Waals surface area contributed by atoms with Gasteiger partial charge in [0.2, 0.25) is 10.0 Å². The van der Waals surface area contributed by atoms with Crippen LogP contribution in [0.3, 0.4) is 0 Å². The quantitative estimate of drug-likeness (QED) is 0.892. The van der Waals surface area contributed by atoms with Gasteiger partial charge in [-0.25, -0.2) is 13.1 Å². The standard InChI is InChI=1S/C14H22N2O2S/c1-14(2)10-4-5-13(14)16-19(17,18)12-8-6-11(15-3)7-9-12/h6-9,13,15-16H,4-5,10H2,1-3H3. The van der Waals surface area contributed by atoms with Gasteiger partial charge in [-0.1, -0.05) is 20.3 Å². The van der Waals surface area contributed by atoms with Crippen molar-refractivity contribution >= 4 is 15.7 Å². The maximum absolute atomic E-state index is 12.3. The molecule has 0 aromatic heterocycles. The van der Waals surface area contributed by atoms with Crippen molar-refractivity contribution in [3.8, 4) is 0 Å². The van der Waals surface area contributed by atoms with E-state index in [1.165, 1.54) is 0 Å². The highest BCUT2D eigenvalue weighted by atomic mass is 32.2. The highest BCUT2D eigenvalue weighted by Gasteiger charge is 2.37. The fraction of sp³-hybridized carbons (Fsp3) is 0.571. The van der Waals surface area contributed by atoms with Gasteiger partial charge in [-0.3, -0.25) is 0 Å². The number of nitrogens with one attached hydrogen (secondary N) is 2. The smallest absolute Gasteiger partial charge is 0.240 e. The van der Waals surface area contributed by atoms with Crippen molar-refractivity contribution in [2.75, 3.05) is 12.4 Å². The molecular formula is C14H22N2O2S. The number of rotatable bonds is 4. The van der Waals surface area contributed by atoms with Gasteiger partial charge >= 0.3 is 0 Å². The molecule has 106 valence electrons. The summed E-state index contributed by atoms with van der Waals surface area (Å²) in [7, 11) is -1.61. The van der Waals surface area contributed by atoms with Crippen LogP contribution in [-0.4, -0.2) is 21.5 Å². The minimum atomic E-state index is -3.42. The third-order valence-electron chi connectivity index (χ3n) is 4.01. The molecule has 0 spiro atoms. The molecule has 0 bridgehead atoms. The van der Waals surface area contributed by atoms with E-state index in [1.54, 1.807) is 24.3 Å². The Kier molecular flexibility index (Phi) is 3.87. The van der Waals surface area contributed by atoms with Crippen LogP contribution >= 0.6 is 0 Å². The van der Waals surface area contributed by atoms with E-state index in [1.807, 2.05) is 7.05 Å². The second-order valence-corrected chi connectivity index (χ2v) is 7.54. The molecule has 1 unspecified atom stereocenters. The van der Waals surface area contributed by atoms with Gasteiger partial charge in [0.15, 0.2) is 0 Å². The van der Waals surface area contributed by atoms with Crippen LogP contribution in [0.4, 0.5) is 5.69 Å². The summed E-state index contributed by atoms with van der Waals surface area (Å²) in [5.41, 5.74) is 0.943. The lowest BCUT2D eigenvalue weighted by atomic mass is 9.88. The fourth-order valence-electron chi connectivity index (χ4n) is 2.60. The Morgan fingerprint density at radius 1 is 1.21 bits per heavy atom. The Morgan fingerprint density at radius 3 is 2.32 bits per heavy atom. The maximum Gasteiger partial charge on any atom is 0.240 e. The molecule has 1 atom stereocenters. The van der Waals surface area contributed by atoms with E-state index in [-0.39, 0.29) is 11.5 Å². The molecule has 2 N–H and O–H groups in total. The topological polar surface area (TPSA) is 58.2 Å². The second-order valence-electron chi connectivity index (χ2n) is 5.83. The van der Waals surface area contributed by atoms with Gasteiger partial charge in [0.05, 0.1) is 4.90 Å². The minimum absolute atomic E-state index is 0.0291. The van der Waals surface area contributed by atoms with Crippen LogP contribution in [0.1, 0.15) is 33.1 Å². The Balaban J connectivity index is 2.18. The minimum Gasteiger partial charge on any atom is -0.388 e. The summed E-state index contributed by atoms with van der Waals surface area (Å²) in [6, 6.07) is 6.84. The van der Waals surface area contributed by atoms with Gasteiger partial charge in [0, 0.05) is 18.8 Å². The van der Waals surface area contributed by atoms with E-state index in [4.69, 9.17) is 0 Å². The normalized spacial score (nSPS) is 22.4. The highest BCUT2D eigenvalue weighted by molar-refractivity contribution is 7.89. The Morgan fingerprint density at radius 2 is 1.84 bits per heavy atom. The number of hydrogen-bond acceptors (Lipinski definition) is 3. The van der Waals surface area contributed by atoms with Crippen molar-refractivity contribution in [2.24, 2.45) is 5.41 Å². The van der Waals surface area contributed by atoms with Gasteiger partial charge in [-0.05, 0) is 42.5 Å². The van der Waals surface area contributed by atoms with Crippen molar-refractivity contribution in [3.05, 3.63) is 24.3 Å². The van der Waals surface area contributed by atoms with E-state index >= 15 is 0 Å². The van der Waals surface area contributed by atoms with Gasteiger partial charge < -0.3 is 5.32 Å². The summed E-state index contributed by atoms with van der Waals surface area (Å²) in [4.78, 5) is 0.328. The average molecular weight is 282 g/mol. The van der Waals surface area contributed by atoms with Crippen LogP contribution < -0.4 is 10.0 Å². The Labute approximate surface area is 115 Å². The first-order valence-electron chi connectivity index (χ1n) is 6.65. The molecule has 1 aromatic rings. The highest BCUT2D eigenvalue weighted by Crippen LogP contribution is 2.37. The molecule has 1 aliphatic carbocycles. The van der Waals surface area contributed by atoms with E-state index in [9.17, 15) is 8.42 Å². The van der Waals surface area contributed by atoms with Gasteiger partial charge in [-0.15, -0.1) is 0 Å². The number of sulfonamides is 1. The molecule has 0 amide bonds. The predicted molar refractivity (Wildman–Crippen MR) is 77.7 cm³/mol. The van der Waals surface area contributed by atoms with Crippen molar-refractivity contribution in [1.29, 1.82) is 0 Å². The third-order valence-corrected chi connectivity index (χ3v) is 5.50. The molecule has 1 aliphatic rings. The molecule has 5 heteroatoms. The Hall–Kier alpha value is -1.07. The molecule has 0 saturated heterocycles. The molecule has 1 fully saturated rings. The maximum atomic E-state index is 12.3. The van der Waals surface area contributed by atoms with Gasteiger partial charge in [-0.2, -0.15) is 0 Å². The zero-order valence-electron chi connectivity index (χ0n) is 11.7. The van der Waals surface area contributed by atoms with Gasteiger partial charge in [0.25, 0.3) is 0 Å². The first-order chi connectivity index (χ1) is 8.85. The molecular weight excluding hydrogens is 260 g/mol. The average Bonchev–Trinajstić information content (AvgIpc) is 2.68. The van der Waals surface area contributed by atoms with Crippen molar-refractivity contribution in [1.82, 2.24) is 4.72 Å². The van der Waals surface area contributed by atoms with Crippen molar-refractivity contribution in [3.63, 3.8) is 0 Å². The van der Waals surface area contributed by atoms with Gasteiger partial charge in [0.1, 0.15) is 0 Å². The lowest BCUT2D eigenvalue weighted by molar-refractivity contribution is 0.313. The summed E-state index contributed by atoms with van der Waals surface area (Å²) in [5.74, 6) is 0. The molecule has 0 aliphatic heterocycles. The SMILES string of the molecule is CNc1ccc(S(=O)(=O)NC2CCCC2(C)C)cc1. The van der Waals surface area contributed by atoms with Crippen LogP contribution in [0.25, 0.3) is 0 Å². The third kappa shape index (κ3) is 3.09. The summed E-state index contributed by atoms with van der Waals surface area (Å²) >= 11 is 0. The lowest BCUT2D eigenvalue weighted by Crippen LogP contribution is -2.41. The first-order valence-corrected chi connectivity index (χ1v) is 8.14. The summed E-state index contributed by atoms with van der Waals surface area (Å²) in [6.07, 6.45) is 3.07. The zero-order chi connectivity index (χ0) is 14.1. The molecule has 0 radical (unpaired) electrons. The zero-order valence-corrected chi connectivity index (χ0v) is 12.5. The van der Waals surface area contributed by atoms with Crippen molar-refractivity contribution < 1.29 is 8.42 Å². The van der Waals surface area contributed by atoms with E-state index in [0.717, 1.165) is 24.9 Å². The molecule has 0 heterocycles. The van der Waals surface area contributed by atoms with Crippen LogP contribution in [0.2, 0.25) is 0 Å². The number of anilines is 1. The Bertz CT molecular complexity index is 535. The lowest BCUT2D eigenvalue weighted by Gasteiger charge is -2.27. The number of hydrogen-bond donors (Lipinski definition) is 2. The van der Waals surface area contributed by atoms with E-state index in [2.05, 4.69) is 23.9 Å². The number of benzene rings is 1. The first kappa shape index (κ1) is 14.3. The van der Waals surface area contributed by atoms with Crippen molar-refractivity contribution in [2.45, 2.75) is 44.0 Å². The summed E-state index contributed by atoms with van der Waals surface area (Å²) in [5, 5.41) is 2.98. The largest absolute Gasteiger partial charge is 0.388 e. The monoisotopic (exact) mass is 282 g/mol. The summed E-state index contributed by atoms with van der Waals surface area (Å²) in [6.45, 7) is 4.24. The molecule has 4 nitrogen and oxygen atoms in total. The molecule has 19 heavy (non-hydrogen) atoms. The second kappa shape index (κ2) is 5.13. The predicted octanol–water partition coefficient (Wildman–Crippen LogP) is 2.59. The summed E-state index contributed by atoms with van der Waals surface area (Å²) < 4.78 is 27.5. The molecule has 1 saturated carbocycles. The van der Waals surface area contributed by atoms with Crippen LogP contribution in [0, 0.1) is 5.41 Å². The van der Waals surface area contributed by atoms with Crippen LogP contribution in [-0.2, 0) is 10.0 Å². The molecule has 1 aromatic carbocycles. The van der Waals surface area contributed by atoms with Crippen LogP contribution in [0.15, 0.2) is 29.2 Å².